The van der Waals surface area contributed by atoms with Gasteiger partial charge in [-0.3, -0.25) is 9.11 Å². The van der Waals surface area contributed by atoms with Crippen molar-refractivity contribution in [3.8, 4) is 11.5 Å². The summed E-state index contributed by atoms with van der Waals surface area (Å²) in [5.41, 5.74) is -0.666. The van der Waals surface area contributed by atoms with Crippen molar-refractivity contribution in [2.75, 3.05) is 22.7 Å². The Morgan fingerprint density at radius 2 is 1.24 bits per heavy atom. The van der Waals surface area contributed by atoms with Crippen molar-refractivity contribution in [3.63, 3.8) is 0 Å². The predicted octanol–water partition coefficient (Wildman–Crippen LogP) is 5.48. The van der Waals surface area contributed by atoms with Crippen molar-refractivity contribution in [1.82, 2.24) is 0 Å². The summed E-state index contributed by atoms with van der Waals surface area (Å²) < 4.78 is 115. The smallest absolute Gasteiger partial charge is 0.296 e. The van der Waals surface area contributed by atoms with E-state index in [-0.39, 0.29) is 49.9 Å². The molecule has 0 radical (unpaired) electrons. The number of aryl methyl sites for hydroxylation is 1. The van der Waals surface area contributed by atoms with E-state index in [0.29, 0.717) is 11.6 Å². The topological polar surface area (TPSA) is 279 Å². The maximum Gasteiger partial charge on any atom is 0.296 e. The Morgan fingerprint density at radius 1 is 0.653 bits per heavy atom. The van der Waals surface area contributed by atoms with Crippen molar-refractivity contribution < 1.29 is 53.0 Å². The van der Waals surface area contributed by atoms with Crippen LogP contribution in [0.1, 0.15) is 19.4 Å². The first-order valence-electron chi connectivity index (χ1n) is 13.9. The highest BCUT2D eigenvalue weighted by molar-refractivity contribution is 7.91. The molecule has 0 saturated carbocycles. The van der Waals surface area contributed by atoms with Gasteiger partial charge in [-0.25, -0.2) is 16.8 Å². The Labute approximate surface area is 281 Å². The number of rotatable bonds is 12. The fourth-order valence-corrected chi connectivity index (χ4v) is 7.57. The molecule has 0 saturated heterocycles. The average molecular weight is 756 g/mol. The van der Waals surface area contributed by atoms with Gasteiger partial charge < -0.3 is 15.5 Å². The Morgan fingerprint density at radius 3 is 1.86 bits per heavy atom. The standard InChI is InChI=1S/C28H29N5O12S4/c1-4-46(36,37)17-6-9-20(26(13-17)49(43,44)45)30-33-27-18-7-11-22(28(35)19(18)8-10-21(27)29-15-48(40,41)42)31-32-23-12-16(3)25(14-24(23)34)47(38,39)5-2/h6-14,29,34-35H,4-5,15H2,1-3H3,(H,40,41,42)(H,43,44,45). The third kappa shape index (κ3) is 8.37. The van der Waals surface area contributed by atoms with Gasteiger partial charge in [-0.1, -0.05) is 13.8 Å². The number of hydrogen-bond acceptors (Lipinski definition) is 15. The van der Waals surface area contributed by atoms with E-state index >= 15 is 0 Å². The van der Waals surface area contributed by atoms with Gasteiger partial charge in [0.1, 0.15) is 39.3 Å². The zero-order valence-electron chi connectivity index (χ0n) is 25.8. The van der Waals surface area contributed by atoms with Gasteiger partial charge in [0.15, 0.2) is 25.4 Å². The van der Waals surface area contributed by atoms with Gasteiger partial charge in [-0.15, -0.1) is 20.5 Å². The third-order valence-electron chi connectivity index (χ3n) is 7.03. The molecule has 5 N–H and O–H groups in total. The molecular weight excluding hydrogens is 727 g/mol. The predicted molar refractivity (Wildman–Crippen MR) is 179 cm³/mol. The number of phenolic OH excluding ortho intramolecular Hbond substituents is 2. The lowest BCUT2D eigenvalue weighted by Gasteiger charge is -2.12. The number of sulfone groups is 2. The van der Waals surface area contributed by atoms with Gasteiger partial charge in [0.05, 0.1) is 27.0 Å². The van der Waals surface area contributed by atoms with Gasteiger partial charge in [0, 0.05) is 16.8 Å². The lowest BCUT2D eigenvalue weighted by atomic mass is 10.1. The molecule has 0 spiro atoms. The van der Waals surface area contributed by atoms with Crippen molar-refractivity contribution >= 4 is 79.1 Å². The van der Waals surface area contributed by atoms with Gasteiger partial charge in [0.25, 0.3) is 20.2 Å². The largest absolute Gasteiger partial charge is 0.506 e. The highest BCUT2D eigenvalue weighted by Crippen LogP contribution is 2.44. The quantitative estimate of drug-likeness (QED) is 0.0885. The van der Waals surface area contributed by atoms with E-state index in [4.69, 9.17) is 0 Å². The molecule has 49 heavy (non-hydrogen) atoms. The van der Waals surface area contributed by atoms with Crippen molar-refractivity contribution in [2.45, 2.75) is 35.5 Å². The lowest BCUT2D eigenvalue weighted by Crippen LogP contribution is -2.13. The summed E-state index contributed by atoms with van der Waals surface area (Å²) in [5.74, 6) is -2.50. The molecule has 17 nitrogen and oxygen atoms in total. The molecular formula is C28H29N5O12S4. The number of aromatic hydroxyl groups is 2. The molecule has 0 aliphatic rings. The zero-order chi connectivity index (χ0) is 36.5. The second-order valence-electron chi connectivity index (χ2n) is 10.3. The molecule has 21 heteroatoms. The number of fused-ring (bicyclic) bond motifs is 1. The minimum atomic E-state index is -5.03. The number of phenols is 2. The first-order valence-corrected chi connectivity index (χ1v) is 20.3. The van der Waals surface area contributed by atoms with E-state index in [2.05, 4.69) is 25.8 Å². The molecule has 0 heterocycles. The first-order chi connectivity index (χ1) is 22.7. The second kappa shape index (κ2) is 13.8. The summed E-state index contributed by atoms with van der Waals surface area (Å²) in [7, 11) is -17.1. The number of hydrogen-bond donors (Lipinski definition) is 5. The fourth-order valence-electron chi connectivity index (χ4n) is 4.45. The summed E-state index contributed by atoms with van der Waals surface area (Å²) in [6.07, 6.45) is 0. The van der Waals surface area contributed by atoms with Crippen LogP contribution in [0.4, 0.5) is 28.4 Å². The Balaban J connectivity index is 1.85. The van der Waals surface area contributed by atoms with Gasteiger partial charge >= 0.3 is 0 Å². The minimum Gasteiger partial charge on any atom is -0.506 e. The van der Waals surface area contributed by atoms with Gasteiger partial charge in [-0.05, 0) is 61.0 Å². The molecule has 0 aliphatic heterocycles. The highest BCUT2D eigenvalue weighted by Gasteiger charge is 2.22. The minimum absolute atomic E-state index is 0.0481. The van der Waals surface area contributed by atoms with Crippen molar-refractivity contribution in [1.29, 1.82) is 0 Å². The van der Waals surface area contributed by atoms with Crippen molar-refractivity contribution in [3.05, 3.63) is 60.2 Å². The number of anilines is 1. The van der Waals surface area contributed by atoms with E-state index in [0.717, 1.165) is 18.2 Å². The molecule has 0 atom stereocenters. The van der Waals surface area contributed by atoms with E-state index in [9.17, 15) is 53.0 Å². The van der Waals surface area contributed by atoms with Crippen LogP contribution >= 0.6 is 0 Å². The van der Waals surface area contributed by atoms with E-state index in [1.54, 1.807) is 0 Å². The molecule has 0 bridgehead atoms. The Bertz CT molecular complexity index is 2480. The molecule has 4 rings (SSSR count). The Kier molecular flexibility index (Phi) is 10.5. The third-order valence-corrected chi connectivity index (χ3v) is 12.0. The maximum absolute atomic E-state index is 12.3. The van der Waals surface area contributed by atoms with Crippen LogP contribution in [0.3, 0.4) is 0 Å². The molecule has 0 fully saturated rings. The Hall–Kier alpha value is -4.54. The fraction of sp³-hybridized carbons (Fsp3) is 0.214. The molecule has 0 amide bonds. The lowest BCUT2D eigenvalue weighted by molar-refractivity contribution is 0.473. The van der Waals surface area contributed by atoms with E-state index in [1.807, 2.05) is 0 Å². The normalized spacial score (nSPS) is 13.1. The number of nitrogens with zero attached hydrogens (tertiary/aromatic N) is 4. The maximum atomic E-state index is 12.3. The van der Waals surface area contributed by atoms with Gasteiger partial charge in [-0.2, -0.15) is 16.8 Å². The van der Waals surface area contributed by atoms with Crippen LogP contribution in [0, 0.1) is 6.92 Å². The molecule has 262 valence electrons. The number of azo groups is 2. The summed E-state index contributed by atoms with van der Waals surface area (Å²) in [6, 6.07) is 10.3. The molecule has 4 aromatic rings. The monoisotopic (exact) mass is 755 g/mol. The SMILES string of the molecule is CCS(=O)(=O)c1ccc(N=Nc2c(NCS(=O)(=O)O)ccc3c(O)c(N=Nc4cc(C)c(S(=O)(=O)CC)cc4O)ccc23)c(S(=O)(=O)O)c1. The molecule has 0 aromatic heterocycles. The summed E-state index contributed by atoms with van der Waals surface area (Å²) in [5, 5.41) is 39.9. The van der Waals surface area contributed by atoms with Crippen LogP contribution in [0.2, 0.25) is 0 Å². The van der Waals surface area contributed by atoms with Crippen LogP contribution in [-0.4, -0.2) is 70.4 Å². The number of nitrogens with one attached hydrogen (secondary N) is 1. The van der Waals surface area contributed by atoms with Crippen LogP contribution in [-0.2, 0) is 39.9 Å². The van der Waals surface area contributed by atoms with E-state index < -0.39 is 72.8 Å². The van der Waals surface area contributed by atoms with Crippen molar-refractivity contribution in [2.24, 2.45) is 20.5 Å². The zero-order valence-corrected chi connectivity index (χ0v) is 29.1. The molecule has 4 aromatic carbocycles. The summed E-state index contributed by atoms with van der Waals surface area (Å²) in [6.45, 7) is 4.31. The highest BCUT2D eigenvalue weighted by atomic mass is 32.2. The van der Waals surface area contributed by atoms with Gasteiger partial charge in [0.2, 0.25) is 0 Å². The summed E-state index contributed by atoms with van der Waals surface area (Å²) in [4.78, 5) is -1.37. The number of benzene rings is 4. The van der Waals surface area contributed by atoms with Crippen LogP contribution in [0.15, 0.2) is 89.7 Å². The molecule has 0 aliphatic carbocycles. The average Bonchev–Trinajstić information content (AvgIpc) is 3.02. The van der Waals surface area contributed by atoms with E-state index in [1.165, 1.54) is 51.1 Å². The summed E-state index contributed by atoms with van der Waals surface area (Å²) >= 11 is 0. The first kappa shape index (κ1) is 37.3. The van der Waals surface area contributed by atoms with Crippen LogP contribution < -0.4 is 5.32 Å². The molecule has 0 unspecified atom stereocenters. The second-order valence-corrected chi connectivity index (χ2v) is 17.7. The van der Waals surface area contributed by atoms with Crippen LogP contribution in [0.5, 0.6) is 11.5 Å². The van der Waals surface area contributed by atoms with Crippen LogP contribution in [0.25, 0.3) is 10.8 Å².